The van der Waals surface area contributed by atoms with Crippen LogP contribution in [0.25, 0.3) is 0 Å². The Balaban J connectivity index is 3.16. The fraction of sp³-hybridized carbons (Fsp3) is 0.864. The van der Waals surface area contributed by atoms with Crippen molar-refractivity contribution in [3.63, 3.8) is 0 Å². The molecule has 0 spiro atoms. The van der Waals surface area contributed by atoms with Crippen molar-refractivity contribution in [3.05, 3.63) is 12.7 Å². The van der Waals surface area contributed by atoms with Crippen molar-refractivity contribution in [3.8, 4) is 0 Å². The van der Waals surface area contributed by atoms with E-state index in [-0.39, 0.29) is 12.1 Å². The highest BCUT2D eigenvalue weighted by atomic mass is 127. The van der Waals surface area contributed by atoms with Crippen LogP contribution in [0.5, 0.6) is 0 Å². The van der Waals surface area contributed by atoms with Gasteiger partial charge in [-0.25, -0.2) is 4.79 Å². The molecular weight excluding hydrogens is 705 g/mol. The SMILES string of the molecule is C=CC(=O)OC(C)CCCCCCCCCCCCCCCCC[Si](I)(I)I. The topological polar surface area (TPSA) is 26.3 Å². The maximum atomic E-state index is 11.1. The van der Waals surface area contributed by atoms with Crippen molar-refractivity contribution < 1.29 is 9.53 Å². The number of esters is 1. The molecular formula is C22H41I3O2Si. The van der Waals surface area contributed by atoms with Gasteiger partial charge < -0.3 is 4.74 Å². The number of carbonyl (C=O) groups excluding carboxylic acids is 1. The molecule has 0 bridgehead atoms. The monoisotopic (exact) mass is 746 g/mol. The molecule has 0 N–H and O–H groups in total. The summed E-state index contributed by atoms with van der Waals surface area (Å²) in [6.45, 7) is 5.39. The van der Waals surface area contributed by atoms with E-state index in [1.165, 1.54) is 102 Å². The summed E-state index contributed by atoms with van der Waals surface area (Å²) in [4.78, 5) is 11.1. The van der Waals surface area contributed by atoms with Crippen LogP contribution in [0.1, 0.15) is 110 Å². The van der Waals surface area contributed by atoms with Gasteiger partial charge in [-0.05, 0) is 25.8 Å². The van der Waals surface area contributed by atoms with Crippen LogP contribution in [0.2, 0.25) is 6.04 Å². The molecule has 0 aromatic carbocycles. The molecule has 0 amide bonds. The molecule has 0 aliphatic rings. The van der Waals surface area contributed by atoms with Crippen LogP contribution >= 0.6 is 65.4 Å². The van der Waals surface area contributed by atoms with Crippen molar-refractivity contribution in [1.29, 1.82) is 0 Å². The second-order valence-corrected chi connectivity index (χ2v) is 44.8. The third-order valence-corrected chi connectivity index (χ3v) is 10.8. The van der Waals surface area contributed by atoms with E-state index >= 15 is 0 Å². The summed E-state index contributed by atoms with van der Waals surface area (Å²) < 4.78 is 4.29. The number of halogens is 3. The van der Waals surface area contributed by atoms with E-state index in [9.17, 15) is 4.79 Å². The molecule has 0 rings (SSSR count). The molecule has 2 nitrogen and oxygen atoms in total. The zero-order valence-electron chi connectivity index (χ0n) is 17.8. The minimum absolute atomic E-state index is 0.0229. The van der Waals surface area contributed by atoms with Gasteiger partial charge in [0.2, 0.25) is 0 Å². The number of ether oxygens (including phenoxy) is 1. The predicted molar refractivity (Wildman–Crippen MR) is 152 cm³/mol. The third-order valence-electron chi connectivity index (χ3n) is 5.05. The molecule has 28 heavy (non-hydrogen) atoms. The van der Waals surface area contributed by atoms with Crippen LogP contribution in [0.15, 0.2) is 12.7 Å². The van der Waals surface area contributed by atoms with Gasteiger partial charge >= 0.3 is 5.97 Å². The summed E-state index contributed by atoms with van der Waals surface area (Å²) in [5.74, 6) is -0.302. The van der Waals surface area contributed by atoms with Gasteiger partial charge in [0.05, 0.1) is 6.10 Å². The number of hydrogen-bond donors (Lipinski definition) is 0. The Morgan fingerprint density at radius 1 is 0.786 bits per heavy atom. The van der Waals surface area contributed by atoms with Crippen molar-refractivity contribution in [2.24, 2.45) is 0 Å². The first-order chi connectivity index (χ1) is 13.3. The van der Waals surface area contributed by atoms with Gasteiger partial charge in [-0.1, -0.05) is 162 Å². The van der Waals surface area contributed by atoms with E-state index in [1.54, 1.807) is 0 Å². The Hall–Kier alpha value is 1.62. The lowest BCUT2D eigenvalue weighted by molar-refractivity contribution is -0.142. The van der Waals surface area contributed by atoms with E-state index in [4.69, 9.17) is 4.74 Å². The minimum atomic E-state index is -0.885. The molecule has 0 aromatic rings. The quantitative estimate of drug-likeness (QED) is 0.0310. The summed E-state index contributed by atoms with van der Waals surface area (Å²) in [6, 6.07) is 1.47. The van der Waals surface area contributed by atoms with Crippen LogP contribution < -0.4 is 0 Å². The molecule has 0 fully saturated rings. The fourth-order valence-corrected chi connectivity index (χ4v) is 7.44. The molecule has 0 aromatic heterocycles. The second kappa shape index (κ2) is 20.5. The normalized spacial score (nSPS) is 12.7. The summed E-state index contributed by atoms with van der Waals surface area (Å²) >= 11 is 8.04. The Labute approximate surface area is 213 Å². The molecule has 0 radical (unpaired) electrons. The van der Waals surface area contributed by atoms with Crippen LogP contribution in [0.4, 0.5) is 0 Å². The van der Waals surface area contributed by atoms with Crippen molar-refractivity contribution in [2.45, 2.75) is 122 Å². The lowest BCUT2D eigenvalue weighted by atomic mass is 10.0. The van der Waals surface area contributed by atoms with Crippen LogP contribution in [0, 0.1) is 0 Å². The van der Waals surface area contributed by atoms with Gasteiger partial charge in [0.25, 0.3) is 0.564 Å². The van der Waals surface area contributed by atoms with E-state index in [0.717, 1.165) is 12.8 Å². The van der Waals surface area contributed by atoms with Crippen LogP contribution in [-0.4, -0.2) is 12.6 Å². The molecule has 0 saturated carbocycles. The van der Waals surface area contributed by atoms with Crippen molar-refractivity contribution in [2.75, 3.05) is 0 Å². The van der Waals surface area contributed by atoms with Crippen molar-refractivity contribution in [1.82, 2.24) is 0 Å². The number of hydrogen-bond acceptors (Lipinski definition) is 2. The molecule has 166 valence electrons. The third kappa shape index (κ3) is 23.9. The van der Waals surface area contributed by atoms with Gasteiger partial charge in [0, 0.05) is 6.08 Å². The first-order valence-corrected chi connectivity index (χ1v) is 22.8. The number of unbranched alkanes of at least 4 members (excludes halogenated alkanes) is 14. The van der Waals surface area contributed by atoms with E-state index in [1.807, 2.05) is 6.92 Å². The molecule has 6 heteroatoms. The smallest absolute Gasteiger partial charge is 0.330 e. The zero-order chi connectivity index (χ0) is 21.1. The Bertz CT molecular complexity index is 386. The Morgan fingerprint density at radius 3 is 1.50 bits per heavy atom. The first kappa shape index (κ1) is 29.6. The van der Waals surface area contributed by atoms with Crippen molar-refractivity contribution >= 4 is 71.9 Å². The number of rotatable bonds is 20. The minimum Gasteiger partial charge on any atom is -0.460 e. The Kier molecular flexibility index (Phi) is 21.7. The largest absolute Gasteiger partial charge is 0.460 e. The summed E-state index contributed by atoms with van der Waals surface area (Å²) in [5.41, 5.74) is 0. The summed E-state index contributed by atoms with van der Waals surface area (Å²) in [7, 11) is 0. The van der Waals surface area contributed by atoms with Gasteiger partial charge in [0.15, 0.2) is 0 Å². The molecule has 0 heterocycles. The average Bonchev–Trinajstić information content (AvgIpc) is 2.63. The fourth-order valence-electron chi connectivity index (χ4n) is 3.36. The van der Waals surface area contributed by atoms with Gasteiger partial charge in [-0.15, -0.1) is 0 Å². The first-order valence-electron chi connectivity index (χ1n) is 11.2. The molecule has 0 aliphatic carbocycles. The lowest BCUT2D eigenvalue weighted by Gasteiger charge is -2.11. The second-order valence-electron chi connectivity index (χ2n) is 7.91. The maximum absolute atomic E-state index is 11.1. The summed E-state index contributed by atoms with van der Waals surface area (Å²) in [6.07, 6.45) is 23.1. The average molecular weight is 746 g/mol. The molecule has 0 saturated heterocycles. The van der Waals surface area contributed by atoms with Gasteiger partial charge in [-0.3, -0.25) is 0 Å². The highest BCUT2D eigenvalue weighted by molar-refractivity contribution is 14.4. The number of carbonyl (C=O) groups is 1. The zero-order valence-corrected chi connectivity index (χ0v) is 25.3. The molecule has 0 aliphatic heterocycles. The standard InChI is InChI=1S/C22H41I3O2Si/c1-3-22(26)27-21(2)19-17-15-13-11-9-7-5-4-6-8-10-12-14-16-18-20-28(23,24)25/h3,21H,1,4-20H2,2H3. The van der Waals surface area contributed by atoms with Crippen LogP contribution in [0.3, 0.4) is 0 Å². The van der Waals surface area contributed by atoms with Gasteiger partial charge in [0.1, 0.15) is 0 Å². The molecule has 1 unspecified atom stereocenters. The van der Waals surface area contributed by atoms with E-state index in [0.29, 0.717) is 0 Å². The van der Waals surface area contributed by atoms with E-state index in [2.05, 4.69) is 72.0 Å². The van der Waals surface area contributed by atoms with Crippen LogP contribution in [-0.2, 0) is 9.53 Å². The highest BCUT2D eigenvalue weighted by Gasteiger charge is 2.19. The highest BCUT2D eigenvalue weighted by Crippen LogP contribution is 2.35. The summed E-state index contributed by atoms with van der Waals surface area (Å²) in [5, 5.41) is 0. The van der Waals surface area contributed by atoms with E-state index < -0.39 is 0.564 Å². The predicted octanol–water partition coefficient (Wildman–Crippen LogP) is 9.59. The Morgan fingerprint density at radius 2 is 1.14 bits per heavy atom. The lowest BCUT2D eigenvalue weighted by Crippen LogP contribution is -2.12. The molecule has 1 atom stereocenters. The van der Waals surface area contributed by atoms with Gasteiger partial charge in [-0.2, -0.15) is 0 Å². The maximum Gasteiger partial charge on any atom is 0.330 e.